The van der Waals surface area contributed by atoms with Crippen molar-refractivity contribution in [3.05, 3.63) is 30.2 Å². The van der Waals surface area contributed by atoms with Gasteiger partial charge in [-0.15, -0.1) is 0 Å². The van der Waals surface area contributed by atoms with Crippen LogP contribution in [-0.2, 0) is 0 Å². The fraction of sp³-hybridized carbons (Fsp3) is 0.222. The summed E-state index contributed by atoms with van der Waals surface area (Å²) < 4.78 is 1.38. The van der Waals surface area contributed by atoms with Crippen molar-refractivity contribution >= 4 is 5.65 Å². The topological polar surface area (TPSA) is 94.4 Å². The van der Waals surface area contributed by atoms with Gasteiger partial charge in [0.25, 0.3) is 0 Å². The molecule has 0 amide bonds. The summed E-state index contributed by atoms with van der Waals surface area (Å²) >= 11 is 0. The maximum absolute atomic E-state index is 9.60. The standard InChI is InChI=1S/C9H8N4O2/c10-4-7(14)9(15)6-5-11-8-2-1-3-12-13(6)8/h1-3,5,7,9,14-15H. The zero-order valence-corrected chi connectivity index (χ0v) is 7.65. The number of nitriles is 1. The molecule has 0 aliphatic carbocycles. The summed E-state index contributed by atoms with van der Waals surface area (Å²) in [4.78, 5) is 3.98. The largest absolute Gasteiger partial charge is 0.383 e. The number of aliphatic hydroxyl groups excluding tert-OH is 2. The fourth-order valence-electron chi connectivity index (χ4n) is 1.28. The van der Waals surface area contributed by atoms with Crippen molar-refractivity contribution in [3.63, 3.8) is 0 Å². The molecule has 2 atom stereocenters. The van der Waals surface area contributed by atoms with E-state index in [2.05, 4.69) is 10.1 Å². The monoisotopic (exact) mass is 204 g/mol. The van der Waals surface area contributed by atoms with E-state index in [4.69, 9.17) is 5.26 Å². The summed E-state index contributed by atoms with van der Waals surface area (Å²) in [6.07, 6.45) is 0.129. The van der Waals surface area contributed by atoms with Crippen LogP contribution in [0.4, 0.5) is 0 Å². The predicted molar refractivity (Wildman–Crippen MR) is 49.6 cm³/mol. The Hall–Kier alpha value is -1.97. The quantitative estimate of drug-likeness (QED) is 0.652. The Kier molecular flexibility index (Phi) is 2.33. The van der Waals surface area contributed by atoms with E-state index in [0.29, 0.717) is 11.3 Å². The van der Waals surface area contributed by atoms with E-state index >= 15 is 0 Å². The third-order valence-corrected chi connectivity index (χ3v) is 2.04. The van der Waals surface area contributed by atoms with Crippen LogP contribution in [0.5, 0.6) is 0 Å². The average molecular weight is 204 g/mol. The molecule has 0 saturated carbocycles. The molecule has 0 aliphatic rings. The second-order valence-corrected chi connectivity index (χ2v) is 3.00. The highest BCUT2D eigenvalue weighted by atomic mass is 16.3. The molecule has 0 saturated heterocycles. The van der Waals surface area contributed by atoms with Crippen molar-refractivity contribution in [3.8, 4) is 6.07 Å². The van der Waals surface area contributed by atoms with Crippen LogP contribution in [0.2, 0.25) is 0 Å². The number of imidazole rings is 1. The van der Waals surface area contributed by atoms with Gasteiger partial charge in [0.05, 0.1) is 18.0 Å². The van der Waals surface area contributed by atoms with Crippen LogP contribution in [0.3, 0.4) is 0 Å². The van der Waals surface area contributed by atoms with E-state index < -0.39 is 12.2 Å². The molecule has 2 unspecified atom stereocenters. The molecule has 0 radical (unpaired) electrons. The second kappa shape index (κ2) is 3.65. The summed E-state index contributed by atoms with van der Waals surface area (Å²) in [5.74, 6) is 0. The van der Waals surface area contributed by atoms with Crippen LogP contribution < -0.4 is 0 Å². The molecular weight excluding hydrogens is 196 g/mol. The highest BCUT2D eigenvalue weighted by molar-refractivity contribution is 5.38. The van der Waals surface area contributed by atoms with Gasteiger partial charge in [0.15, 0.2) is 11.8 Å². The molecule has 2 rings (SSSR count). The fourth-order valence-corrected chi connectivity index (χ4v) is 1.28. The first-order chi connectivity index (χ1) is 7.24. The number of rotatable bonds is 2. The number of hydrogen-bond donors (Lipinski definition) is 2. The minimum atomic E-state index is -1.48. The van der Waals surface area contributed by atoms with Crippen molar-refractivity contribution < 1.29 is 10.2 Å². The minimum absolute atomic E-state index is 0.291. The highest BCUT2D eigenvalue weighted by Crippen LogP contribution is 2.16. The molecule has 2 heterocycles. The van der Waals surface area contributed by atoms with Gasteiger partial charge in [0, 0.05) is 6.20 Å². The van der Waals surface area contributed by atoms with E-state index in [1.54, 1.807) is 18.2 Å². The van der Waals surface area contributed by atoms with E-state index in [-0.39, 0.29) is 0 Å². The number of aliphatic hydroxyl groups is 2. The molecule has 0 aliphatic heterocycles. The Morgan fingerprint density at radius 2 is 2.27 bits per heavy atom. The number of hydrogen-bond acceptors (Lipinski definition) is 5. The second-order valence-electron chi connectivity index (χ2n) is 3.00. The third-order valence-electron chi connectivity index (χ3n) is 2.04. The van der Waals surface area contributed by atoms with Gasteiger partial charge in [-0.3, -0.25) is 0 Å². The summed E-state index contributed by atoms with van der Waals surface area (Å²) in [5.41, 5.74) is 0.844. The van der Waals surface area contributed by atoms with Crippen molar-refractivity contribution in [2.24, 2.45) is 0 Å². The Balaban J connectivity index is 2.49. The lowest BCUT2D eigenvalue weighted by Gasteiger charge is -2.09. The van der Waals surface area contributed by atoms with Crippen molar-refractivity contribution in [2.45, 2.75) is 12.2 Å². The van der Waals surface area contributed by atoms with Gasteiger partial charge in [0.2, 0.25) is 0 Å². The zero-order chi connectivity index (χ0) is 10.8. The molecule has 6 nitrogen and oxygen atoms in total. The van der Waals surface area contributed by atoms with Gasteiger partial charge in [-0.1, -0.05) is 0 Å². The van der Waals surface area contributed by atoms with E-state index in [0.717, 1.165) is 0 Å². The van der Waals surface area contributed by atoms with Crippen molar-refractivity contribution in [1.82, 2.24) is 14.6 Å². The van der Waals surface area contributed by atoms with Crippen molar-refractivity contribution in [1.29, 1.82) is 5.26 Å². The summed E-state index contributed by atoms with van der Waals surface area (Å²) in [6, 6.07) is 4.97. The molecule has 0 fully saturated rings. The lowest BCUT2D eigenvalue weighted by Crippen LogP contribution is -2.17. The molecule has 6 heteroatoms. The number of aromatic nitrogens is 3. The van der Waals surface area contributed by atoms with Crippen LogP contribution in [0.25, 0.3) is 5.65 Å². The van der Waals surface area contributed by atoms with Crippen molar-refractivity contribution in [2.75, 3.05) is 0 Å². The Morgan fingerprint density at radius 1 is 1.47 bits per heavy atom. The van der Waals surface area contributed by atoms with E-state index in [9.17, 15) is 10.2 Å². The molecule has 0 spiro atoms. The Morgan fingerprint density at radius 3 is 3.00 bits per heavy atom. The van der Waals surface area contributed by atoms with Gasteiger partial charge in [-0.25, -0.2) is 9.50 Å². The SMILES string of the molecule is N#CC(O)C(O)c1cnc2cccnn12. The molecular formula is C9H8N4O2. The first-order valence-corrected chi connectivity index (χ1v) is 4.28. The van der Waals surface area contributed by atoms with Crippen LogP contribution in [0, 0.1) is 11.3 Å². The number of nitrogens with zero attached hydrogens (tertiary/aromatic N) is 4. The Labute approximate surface area is 85.0 Å². The lowest BCUT2D eigenvalue weighted by atomic mass is 10.2. The van der Waals surface area contributed by atoms with Crippen LogP contribution in [0.1, 0.15) is 11.8 Å². The minimum Gasteiger partial charge on any atom is -0.383 e. The van der Waals surface area contributed by atoms with Gasteiger partial charge < -0.3 is 10.2 Å². The zero-order valence-electron chi connectivity index (χ0n) is 7.65. The van der Waals surface area contributed by atoms with Crippen LogP contribution in [0.15, 0.2) is 24.5 Å². The maximum atomic E-state index is 9.60. The first kappa shape index (κ1) is 9.58. The summed E-state index contributed by atoms with van der Waals surface area (Å²) in [6.45, 7) is 0. The molecule has 2 N–H and O–H groups in total. The molecule has 0 aromatic carbocycles. The molecule has 0 bridgehead atoms. The molecule has 15 heavy (non-hydrogen) atoms. The molecule has 76 valence electrons. The number of fused-ring (bicyclic) bond motifs is 1. The lowest BCUT2D eigenvalue weighted by molar-refractivity contribution is 0.0486. The average Bonchev–Trinajstić information content (AvgIpc) is 2.70. The molecule has 2 aromatic rings. The third kappa shape index (κ3) is 1.54. The first-order valence-electron chi connectivity index (χ1n) is 4.28. The van der Waals surface area contributed by atoms with Gasteiger partial charge in [0.1, 0.15) is 6.10 Å². The maximum Gasteiger partial charge on any atom is 0.172 e. The van der Waals surface area contributed by atoms with Crippen LogP contribution >= 0.6 is 0 Å². The van der Waals surface area contributed by atoms with Crippen LogP contribution in [-0.4, -0.2) is 30.9 Å². The van der Waals surface area contributed by atoms with Gasteiger partial charge >= 0.3 is 0 Å². The van der Waals surface area contributed by atoms with E-state index in [1.807, 2.05) is 0 Å². The highest BCUT2D eigenvalue weighted by Gasteiger charge is 2.21. The summed E-state index contributed by atoms with van der Waals surface area (Å²) in [5, 5.41) is 31.2. The molecule has 2 aromatic heterocycles. The van der Waals surface area contributed by atoms with Gasteiger partial charge in [-0.2, -0.15) is 10.4 Å². The summed E-state index contributed by atoms with van der Waals surface area (Å²) in [7, 11) is 0. The van der Waals surface area contributed by atoms with Gasteiger partial charge in [-0.05, 0) is 12.1 Å². The predicted octanol–water partition coefficient (Wildman–Crippen LogP) is -0.353. The Bertz CT molecular complexity index is 516. The van der Waals surface area contributed by atoms with E-state index in [1.165, 1.54) is 16.9 Å². The normalized spacial score (nSPS) is 14.7. The smallest absolute Gasteiger partial charge is 0.172 e.